The molecular formula is C20H11N5O4. The number of amides is 2. The summed E-state index contributed by atoms with van der Waals surface area (Å²) in [6, 6.07) is 8.57. The van der Waals surface area contributed by atoms with Crippen LogP contribution in [0.15, 0.2) is 48.9 Å². The number of nitrogens with one attached hydrogen (secondary N) is 1. The van der Waals surface area contributed by atoms with Crippen LogP contribution in [0, 0.1) is 0 Å². The largest absolute Gasteiger partial charge is 0.454 e. The first-order valence-electron chi connectivity index (χ1n) is 8.78. The molecule has 3 aromatic heterocycles. The number of pyridine rings is 2. The van der Waals surface area contributed by atoms with Crippen molar-refractivity contribution in [3.05, 3.63) is 60.0 Å². The lowest BCUT2D eigenvalue weighted by Gasteiger charge is -2.14. The van der Waals surface area contributed by atoms with Gasteiger partial charge in [0.2, 0.25) is 6.79 Å². The minimum Gasteiger partial charge on any atom is -0.454 e. The SMILES string of the molecule is O=C1c2cnc3n[nH]c(-c4cccnc4)c3c2C(=O)N1c1ccc2c(c1)OCO2. The summed E-state index contributed by atoms with van der Waals surface area (Å²) in [6.07, 6.45) is 4.70. The number of imide groups is 1. The van der Waals surface area contributed by atoms with Crippen molar-refractivity contribution >= 4 is 28.5 Å². The van der Waals surface area contributed by atoms with Gasteiger partial charge in [-0.05, 0) is 24.3 Å². The van der Waals surface area contributed by atoms with Gasteiger partial charge >= 0.3 is 0 Å². The standard InChI is InChI=1S/C20H11N5O4/c26-19-12-8-22-18-16(17(23-24-18)10-2-1-5-21-7-10)15(12)20(27)25(19)11-3-4-13-14(6-11)29-9-28-13/h1-8H,9H2,(H,22,23,24). The summed E-state index contributed by atoms with van der Waals surface area (Å²) in [6.45, 7) is 0.106. The van der Waals surface area contributed by atoms with E-state index < -0.39 is 11.8 Å². The average Bonchev–Trinajstić information content (AvgIpc) is 3.45. The van der Waals surface area contributed by atoms with Crippen LogP contribution >= 0.6 is 0 Å². The molecule has 0 fully saturated rings. The lowest BCUT2D eigenvalue weighted by Crippen LogP contribution is -2.29. The fraction of sp³-hybridized carbons (Fsp3) is 0.0500. The van der Waals surface area contributed by atoms with Gasteiger partial charge in [-0.25, -0.2) is 9.88 Å². The Morgan fingerprint density at radius 3 is 2.79 bits per heavy atom. The highest BCUT2D eigenvalue weighted by Crippen LogP contribution is 2.40. The zero-order chi connectivity index (χ0) is 19.5. The quantitative estimate of drug-likeness (QED) is 0.528. The molecule has 9 nitrogen and oxygen atoms in total. The monoisotopic (exact) mass is 385 g/mol. The van der Waals surface area contributed by atoms with Gasteiger partial charge < -0.3 is 9.47 Å². The number of fused-ring (bicyclic) bond motifs is 4. The molecule has 140 valence electrons. The molecule has 0 atom stereocenters. The van der Waals surface area contributed by atoms with E-state index in [2.05, 4.69) is 20.2 Å². The van der Waals surface area contributed by atoms with Crippen molar-refractivity contribution in [3.8, 4) is 22.8 Å². The van der Waals surface area contributed by atoms with Gasteiger partial charge in [-0.3, -0.25) is 19.7 Å². The second-order valence-corrected chi connectivity index (χ2v) is 6.57. The van der Waals surface area contributed by atoms with Crippen LogP contribution in [0.1, 0.15) is 20.7 Å². The molecule has 9 heteroatoms. The summed E-state index contributed by atoms with van der Waals surface area (Å²) in [4.78, 5) is 35.9. The van der Waals surface area contributed by atoms with Crippen LogP contribution in [0.3, 0.4) is 0 Å². The molecule has 2 amide bonds. The second-order valence-electron chi connectivity index (χ2n) is 6.57. The molecule has 2 aliphatic heterocycles. The summed E-state index contributed by atoms with van der Waals surface area (Å²) < 4.78 is 10.7. The Morgan fingerprint density at radius 1 is 1.03 bits per heavy atom. The molecule has 4 aromatic rings. The van der Waals surface area contributed by atoms with Crippen molar-refractivity contribution in [1.29, 1.82) is 0 Å². The predicted molar refractivity (Wildman–Crippen MR) is 101 cm³/mol. The van der Waals surface area contributed by atoms with Crippen LogP contribution in [0.25, 0.3) is 22.3 Å². The van der Waals surface area contributed by atoms with E-state index in [1.54, 1.807) is 36.7 Å². The van der Waals surface area contributed by atoms with E-state index in [0.717, 1.165) is 10.5 Å². The van der Waals surface area contributed by atoms with E-state index in [1.807, 2.05) is 6.07 Å². The molecule has 0 radical (unpaired) electrons. The number of carbonyl (C=O) groups is 2. The third-order valence-corrected chi connectivity index (χ3v) is 5.00. The van der Waals surface area contributed by atoms with Crippen molar-refractivity contribution in [2.75, 3.05) is 11.7 Å². The highest BCUT2D eigenvalue weighted by Gasteiger charge is 2.40. The fourth-order valence-electron chi connectivity index (χ4n) is 3.67. The summed E-state index contributed by atoms with van der Waals surface area (Å²) in [5, 5.41) is 7.60. The molecule has 0 bridgehead atoms. The summed E-state index contributed by atoms with van der Waals surface area (Å²) in [5.41, 5.74) is 2.59. The highest BCUT2D eigenvalue weighted by molar-refractivity contribution is 6.38. The van der Waals surface area contributed by atoms with Crippen LogP contribution in [0.5, 0.6) is 11.5 Å². The molecule has 0 aliphatic carbocycles. The summed E-state index contributed by atoms with van der Waals surface area (Å²) in [7, 11) is 0. The van der Waals surface area contributed by atoms with E-state index in [9.17, 15) is 9.59 Å². The molecule has 5 heterocycles. The molecule has 0 unspecified atom stereocenters. The maximum Gasteiger partial charge on any atom is 0.267 e. The van der Waals surface area contributed by atoms with Crippen molar-refractivity contribution in [1.82, 2.24) is 20.2 Å². The predicted octanol–water partition coefficient (Wildman–Crippen LogP) is 2.55. The number of H-pyrrole nitrogens is 1. The number of aromatic amines is 1. The summed E-state index contributed by atoms with van der Waals surface area (Å²) in [5.74, 6) is 0.171. The lowest BCUT2D eigenvalue weighted by atomic mass is 10.0. The number of hydrogen-bond acceptors (Lipinski definition) is 7. The maximum atomic E-state index is 13.4. The Bertz CT molecular complexity index is 1330. The van der Waals surface area contributed by atoms with Gasteiger partial charge in [0.25, 0.3) is 11.8 Å². The first kappa shape index (κ1) is 15.8. The van der Waals surface area contributed by atoms with Crippen LogP contribution in [-0.2, 0) is 0 Å². The molecule has 0 saturated heterocycles. The highest BCUT2D eigenvalue weighted by atomic mass is 16.7. The van der Waals surface area contributed by atoms with E-state index >= 15 is 0 Å². The molecule has 6 rings (SSSR count). The fourth-order valence-corrected chi connectivity index (χ4v) is 3.67. The average molecular weight is 385 g/mol. The Morgan fingerprint density at radius 2 is 1.93 bits per heavy atom. The smallest absolute Gasteiger partial charge is 0.267 e. The Kier molecular flexibility index (Phi) is 3.05. The topological polar surface area (TPSA) is 110 Å². The van der Waals surface area contributed by atoms with Gasteiger partial charge in [-0.2, -0.15) is 5.10 Å². The zero-order valence-corrected chi connectivity index (χ0v) is 14.7. The summed E-state index contributed by atoms with van der Waals surface area (Å²) >= 11 is 0. The number of carbonyl (C=O) groups excluding carboxylic acids is 2. The van der Waals surface area contributed by atoms with Crippen molar-refractivity contribution in [3.63, 3.8) is 0 Å². The maximum absolute atomic E-state index is 13.4. The van der Waals surface area contributed by atoms with Crippen molar-refractivity contribution in [2.24, 2.45) is 0 Å². The molecule has 29 heavy (non-hydrogen) atoms. The van der Waals surface area contributed by atoms with E-state index in [-0.39, 0.29) is 17.9 Å². The van der Waals surface area contributed by atoms with Gasteiger partial charge in [0.1, 0.15) is 0 Å². The van der Waals surface area contributed by atoms with Gasteiger partial charge in [-0.1, -0.05) is 0 Å². The third-order valence-electron chi connectivity index (χ3n) is 5.00. The van der Waals surface area contributed by atoms with Gasteiger partial charge in [0.05, 0.1) is 27.9 Å². The first-order chi connectivity index (χ1) is 14.2. The molecule has 0 saturated carbocycles. The normalized spacial score (nSPS) is 14.7. The van der Waals surface area contributed by atoms with Crippen LogP contribution in [0.2, 0.25) is 0 Å². The van der Waals surface area contributed by atoms with E-state index in [0.29, 0.717) is 33.9 Å². The number of nitrogens with zero attached hydrogens (tertiary/aromatic N) is 4. The Hall–Kier alpha value is -4.27. The van der Waals surface area contributed by atoms with E-state index in [4.69, 9.17) is 9.47 Å². The lowest BCUT2D eigenvalue weighted by molar-refractivity contribution is 0.0926. The number of benzene rings is 1. The number of rotatable bonds is 2. The second kappa shape index (κ2) is 5.61. The first-order valence-corrected chi connectivity index (χ1v) is 8.78. The van der Waals surface area contributed by atoms with Gasteiger partial charge in [0.15, 0.2) is 17.1 Å². The Balaban J connectivity index is 1.54. The third kappa shape index (κ3) is 2.12. The van der Waals surface area contributed by atoms with Crippen molar-refractivity contribution < 1.29 is 19.1 Å². The number of aromatic nitrogens is 4. The molecule has 2 aliphatic rings. The molecular weight excluding hydrogens is 374 g/mol. The number of hydrogen-bond donors (Lipinski definition) is 1. The van der Waals surface area contributed by atoms with Gasteiger partial charge in [0, 0.05) is 30.2 Å². The Labute approximate surface area is 162 Å². The minimum absolute atomic E-state index is 0.106. The molecule has 0 spiro atoms. The van der Waals surface area contributed by atoms with Crippen LogP contribution < -0.4 is 14.4 Å². The van der Waals surface area contributed by atoms with Gasteiger partial charge in [-0.15, -0.1) is 0 Å². The molecule has 1 N–H and O–H groups in total. The van der Waals surface area contributed by atoms with E-state index in [1.165, 1.54) is 6.20 Å². The van der Waals surface area contributed by atoms with Crippen molar-refractivity contribution in [2.45, 2.75) is 0 Å². The minimum atomic E-state index is -0.448. The van der Waals surface area contributed by atoms with Crippen LogP contribution in [0.4, 0.5) is 5.69 Å². The zero-order valence-electron chi connectivity index (χ0n) is 14.7. The molecule has 1 aromatic carbocycles. The van der Waals surface area contributed by atoms with Crippen LogP contribution in [-0.4, -0.2) is 38.8 Å². The number of ether oxygens (including phenoxy) is 2. The number of anilines is 1.